The van der Waals surface area contributed by atoms with Crippen molar-refractivity contribution in [1.29, 1.82) is 0 Å². The molecule has 0 unspecified atom stereocenters. The van der Waals surface area contributed by atoms with Crippen LogP contribution in [0.3, 0.4) is 0 Å². The fraction of sp³-hybridized carbons (Fsp3) is 0.625. The summed E-state index contributed by atoms with van der Waals surface area (Å²) in [5.74, 6) is 2.73. The monoisotopic (exact) mass is 247 g/mol. The van der Waals surface area contributed by atoms with Gasteiger partial charge in [0.2, 0.25) is 0 Å². The van der Waals surface area contributed by atoms with Crippen molar-refractivity contribution in [3.05, 3.63) is 29.8 Å². The number of para-hydroxylation sites is 1. The van der Waals surface area contributed by atoms with Crippen LogP contribution in [0, 0.1) is 11.8 Å². The highest BCUT2D eigenvalue weighted by atomic mass is 16.5. The number of hydrogen-bond acceptors (Lipinski definition) is 1. The Hall–Kier alpha value is -0.915. The lowest BCUT2D eigenvalue weighted by Crippen LogP contribution is -1.85. The molecule has 3 radical (unpaired) electrons. The highest BCUT2D eigenvalue weighted by molar-refractivity contribution is 5.75. The van der Waals surface area contributed by atoms with Crippen molar-refractivity contribution in [2.75, 3.05) is 6.61 Å². The van der Waals surface area contributed by atoms with E-state index in [1.807, 2.05) is 18.2 Å². The lowest BCUT2D eigenvalue weighted by Gasteiger charge is -1.93. The number of rotatable bonds is 0. The van der Waals surface area contributed by atoms with E-state index >= 15 is 0 Å². The molecule has 0 saturated heterocycles. The Morgan fingerprint density at radius 1 is 0.889 bits per heavy atom. The maximum absolute atomic E-state index is 5.30. The third-order valence-corrected chi connectivity index (χ3v) is 1.60. The summed E-state index contributed by atoms with van der Waals surface area (Å²) in [6, 6.07) is 8.18. The van der Waals surface area contributed by atoms with E-state index < -0.39 is 0 Å². The van der Waals surface area contributed by atoms with Gasteiger partial charge in [-0.15, -0.1) is 0 Å². The van der Waals surface area contributed by atoms with Crippen molar-refractivity contribution in [3.63, 3.8) is 0 Å². The van der Waals surface area contributed by atoms with Gasteiger partial charge in [-0.1, -0.05) is 59.7 Å². The lowest BCUT2D eigenvalue weighted by molar-refractivity contribution is 0.357. The van der Waals surface area contributed by atoms with Gasteiger partial charge in [0.05, 0.1) is 6.61 Å². The van der Waals surface area contributed by atoms with Gasteiger partial charge in [0.1, 0.15) is 5.75 Å². The summed E-state index contributed by atoms with van der Waals surface area (Å²) in [7, 11) is 0. The second-order valence-corrected chi connectivity index (χ2v) is 5.67. The molecule has 0 aromatic heterocycles. The normalized spacial score (nSPS) is 11.3. The van der Waals surface area contributed by atoms with Crippen molar-refractivity contribution >= 4 is 8.41 Å². The molecule has 1 aliphatic rings. The number of fused-ring (bicyclic) bond motifs is 1. The van der Waals surface area contributed by atoms with Crippen LogP contribution in [0.5, 0.6) is 5.75 Å². The molecule has 1 heterocycles. The quantitative estimate of drug-likeness (QED) is 0.610. The number of benzene rings is 1. The largest absolute Gasteiger partial charge is 0.493 e. The minimum absolute atomic E-state index is 0. The van der Waals surface area contributed by atoms with E-state index in [2.05, 4.69) is 47.6 Å². The van der Waals surface area contributed by atoms with Gasteiger partial charge < -0.3 is 4.74 Å². The maximum Gasteiger partial charge on any atom is 0.122 e. The van der Waals surface area contributed by atoms with Crippen LogP contribution in [0.25, 0.3) is 0 Å². The van der Waals surface area contributed by atoms with E-state index in [0.29, 0.717) is 0 Å². The predicted molar refractivity (Wildman–Crippen MR) is 82.4 cm³/mol. The van der Waals surface area contributed by atoms with Crippen molar-refractivity contribution in [1.82, 2.24) is 0 Å². The first-order valence-corrected chi connectivity index (χ1v) is 6.64. The highest BCUT2D eigenvalue weighted by Gasteiger charge is 2.08. The van der Waals surface area contributed by atoms with Crippen LogP contribution in [0.4, 0.5) is 0 Å². The standard InChI is InChI=1S/C8H8O.2C4H10.B/c1-2-4-8-7(3-1)5-6-9-8;2*1-4(2)3;/h1-4H,5-6H2;2*4H,1-3H3;. The van der Waals surface area contributed by atoms with Crippen LogP contribution in [-0.4, -0.2) is 15.0 Å². The summed E-state index contributed by atoms with van der Waals surface area (Å²) in [5.41, 5.74) is 1.34. The second-order valence-electron chi connectivity index (χ2n) is 5.67. The summed E-state index contributed by atoms with van der Waals surface area (Å²) >= 11 is 0. The minimum Gasteiger partial charge on any atom is -0.493 e. The number of ether oxygens (including phenoxy) is 1. The topological polar surface area (TPSA) is 9.23 Å². The minimum atomic E-state index is 0. The van der Waals surface area contributed by atoms with Crippen molar-refractivity contribution in [2.45, 2.75) is 48.0 Å². The molecule has 0 atom stereocenters. The number of hydrogen-bond donors (Lipinski definition) is 0. The lowest BCUT2D eigenvalue weighted by atomic mass is 10.2. The predicted octanol–water partition coefficient (Wildman–Crippen LogP) is 4.57. The highest BCUT2D eigenvalue weighted by Crippen LogP contribution is 2.23. The Morgan fingerprint density at radius 2 is 1.33 bits per heavy atom. The molecule has 0 spiro atoms. The summed E-state index contributed by atoms with van der Waals surface area (Å²) in [5, 5.41) is 0. The van der Waals surface area contributed by atoms with E-state index in [1.54, 1.807) is 0 Å². The molecular weight excluding hydrogens is 219 g/mol. The molecule has 0 fully saturated rings. The molecule has 1 aliphatic heterocycles. The van der Waals surface area contributed by atoms with Crippen LogP contribution in [0.2, 0.25) is 0 Å². The zero-order chi connectivity index (χ0) is 13.3. The summed E-state index contributed by atoms with van der Waals surface area (Å²) in [6.07, 6.45) is 1.08. The van der Waals surface area contributed by atoms with E-state index in [9.17, 15) is 0 Å². The van der Waals surface area contributed by atoms with Gasteiger partial charge in [-0.25, -0.2) is 0 Å². The molecule has 1 nitrogen and oxygen atoms in total. The molecule has 0 saturated carbocycles. The van der Waals surface area contributed by atoms with E-state index in [0.717, 1.165) is 30.6 Å². The van der Waals surface area contributed by atoms with Crippen LogP contribution in [-0.2, 0) is 6.42 Å². The molecule has 2 rings (SSSR count). The van der Waals surface area contributed by atoms with Gasteiger partial charge in [-0.3, -0.25) is 0 Å². The summed E-state index contributed by atoms with van der Waals surface area (Å²) < 4.78 is 5.30. The van der Waals surface area contributed by atoms with Crippen LogP contribution in [0.1, 0.15) is 47.1 Å². The Labute approximate surface area is 116 Å². The van der Waals surface area contributed by atoms with Gasteiger partial charge in [0.25, 0.3) is 0 Å². The Morgan fingerprint density at radius 3 is 1.78 bits per heavy atom. The molecule has 1 aromatic carbocycles. The van der Waals surface area contributed by atoms with Crippen molar-refractivity contribution in [2.24, 2.45) is 11.8 Å². The molecule has 18 heavy (non-hydrogen) atoms. The third-order valence-electron chi connectivity index (χ3n) is 1.60. The molecule has 101 valence electrons. The van der Waals surface area contributed by atoms with Gasteiger partial charge in [0.15, 0.2) is 0 Å². The summed E-state index contributed by atoms with van der Waals surface area (Å²) in [4.78, 5) is 0. The third kappa shape index (κ3) is 11.6. The maximum atomic E-state index is 5.30. The Bertz CT molecular complexity index is 260. The average Bonchev–Trinajstić information content (AvgIpc) is 2.62. The molecule has 0 bridgehead atoms. The van der Waals surface area contributed by atoms with E-state index in [4.69, 9.17) is 4.74 Å². The van der Waals surface area contributed by atoms with Gasteiger partial charge >= 0.3 is 0 Å². The SMILES string of the molecule is CC(C)C.CC(C)C.[B].c1ccc2c(c1)CCO2. The summed E-state index contributed by atoms with van der Waals surface area (Å²) in [6.45, 7) is 13.9. The molecule has 0 amide bonds. The smallest absolute Gasteiger partial charge is 0.122 e. The van der Waals surface area contributed by atoms with Gasteiger partial charge in [-0.2, -0.15) is 0 Å². The van der Waals surface area contributed by atoms with Crippen LogP contribution < -0.4 is 4.74 Å². The first kappa shape index (κ1) is 19.4. The van der Waals surface area contributed by atoms with Crippen LogP contribution in [0.15, 0.2) is 24.3 Å². The Kier molecular flexibility index (Phi) is 12.1. The molecule has 2 heteroatoms. The van der Waals surface area contributed by atoms with Crippen molar-refractivity contribution < 1.29 is 4.74 Å². The molecule has 0 aliphatic carbocycles. The first-order valence-electron chi connectivity index (χ1n) is 6.64. The van der Waals surface area contributed by atoms with Crippen molar-refractivity contribution in [3.8, 4) is 5.75 Å². The van der Waals surface area contributed by atoms with Crippen LogP contribution >= 0.6 is 0 Å². The fourth-order valence-corrected chi connectivity index (χ4v) is 1.12. The van der Waals surface area contributed by atoms with E-state index in [1.165, 1.54) is 5.56 Å². The zero-order valence-electron chi connectivity index (χ0n) is 12.9. The average molecular weight is 247 g/mol. The van der Waals surface area contributed by atoms with Gasteiger partial charge in [-0.05, 0) is 23.5 Å². The molecular formula is C16H28BO. The Balaban J connectivity index is 0. The van der Waals surface area contributed by atoms with E-state index in [-0.39, 0.29) is 8.41 Å². The zero-order valence-corrected chi connectivity index (χ0v) is 12.9. The first-order chi connectivity index (χ1) is 7.93. The molecule has 1 aromatic rings. The molecule has 0 N–H and O–H groups in total. The second kappa shape index (κ2) is 11.2. The van der Waals surface area contributed by atoms with Gasteiger partial charge in [0, 0.05) is 14.8 Å². The fourth-order valence-electron chi connectivity index (χ4n) is 1.12.